The molecule has 0 amide bonds. The lowest BCUT2D eigenvalue weighted by molar-refractivity contribution is 0.669. The fourth-order valence-corrected chi connectivity index (χ4v) is 15.8. The van der Waals surface area contributed by atoms with Crippen LogP contribution >= 0.6 is 22.7 Å². The predicted molar refractivity (Wildman–Crippen MR) is 388 cm³/mol. The van der Waals surface area contributed by atoms with Crippen LogP contribution in [0.1, 0.15) is 0 Å². The van der Waals surface area contributed by atoms with Gasteiger partial charge in [0.1, 0.15) is 22.3 Å². The third-order valence-electron chi connectivity index (χ3n) is 18.0. The van der Waals surface area contributed by atoms with Gasteiger partial charge >= 0.3 is 0 Å². The van der Waals surface area contributed by atoms with Crippen LogP contribution < -0.4 is 0 Å². The first-order chi connectivity index (χ1) is 46.5. The number of benzene rings is 13. The zero-order valence-corrected chi connectivity index (χ0v) is 51.7. The highest BCUT2D eigenvalue weighted by atomic mass is 32.1. The van der Waals surface area contributed by atoms with Gasteiger partial charge in [0.2, 0.25) is 0 Å². The molecule has 6 aromatic heterocycles. The van der Waals surface area contributed by atoms with Crippen LogP contribution in [0.5, 0.6) is 0 Å². The summed E-state index contributed by atoms with van der Waals surface area (Å²) < 4.78 is 18.0. The number of aromatic nitrogens is 6. The zero-order valence-electron chi connectivity index (χ0n) is 50.0. The van der Waals surface area contributed by atoms with Crippen molar-refractivity contribution in [2.75, 3.05) is 0 Å². The fraction of sp³-hybridized carbons (Fsp3) is 0. The van der Waals surface area contributed by atoms with Crippen LogP contribution in [0, 0.1) is 0 Å². The summed E-state index contributed by atoms with van der Waals surface area (Å²) in [6.07, 6.45) is 0. The number of thiophene rings is 2. The van der Waals surface area contributed by atoms with Crippen molar-refractivity contribution in [3.8, 4) is 113 Å². The largest absolute Gasteiger partial charge is 0.455 e. The van der Waals surface area contributed by atoms with E-state index in [0.717, 1.165) is 125 Å². The molecule has 19 aromatic rings. The van der Waals surface area contributed by atoms with Gasteiger partial charge in [0, 0.05) is 84.1 Å². The molecule has 10 heteroatoms. The van der Waals surface area contributed by atoms with Crippen molar-refractivity contribution in [3.63, 3.8) is 0 Å². The van der Waals surface area contributed by atoms with Gasteiger partial charge in [-0.15, -0.1) is 22.7 Å². The lowest BCUT2D eigenvalue weighted by atomic mass is 9.96. The summed E-state index contributed by atoms with van der Waals surface area (Å²) in [4.78, 5) is 31.2. The van der Waals surface area contributed by atoms with Gasteiger partial charge in [-0.3, -0.25) is 0 Å². The first kappa shape index (κ1) is 53.7. The third-order valence-corrected chi connectivity index (χ3v) is 20.5. The molecule has 13 aromatic carbocycles. The normalized spacial score (nSPS) is 11.8. The minimum Gasteiger partial charge on any atom is -0.455 e. The van der Waals surface area contributed by atoms with Crippen molar-refractivity contribution >= 4 is 107 Å². The van der Waals surface area contributed by atoms with Crippen molar-refractivity contribution in [1.82, 2.24) is 29.9 Å². The summed E-state index contributed by atoms with van der Waals surface area (Å²) >= 11 is 3.53. The zero-order chi connectivity index (χ0) is 61.8. The van der Waals surface area contributed by atoms with Crippen LogP contribution in [0.2, 0.25) is 0 Å². The molecule has 94 heavy (non-hydrogen) atoms. The topological polar surface area (TPSA) is 104 Å². The highest BCUT2D eigenvalue weighted by Crippen LogP contribution is 2.46. The van der Waals surface area contributed by atoms with E-state index in [1.54, 1.807) is 22.7 Å². The lowest BCUT2D eigenvalue weighted by Gasteiger charge is -2.09. The molecule has 8 nitrogen and oxygen atoms in total. The molecular weight excluding hydrogens is 1190 g/mol. The van der Waals surface area contributed by atoms with Crippen molar-refractivity contribution in [2.45, 2.75) is 0 Å². The van der Waals surface area contributed by atoms with Crippen molar-refractivity contribution < 1.29 is 8.83 Å². The van der Waals surface area contributed by atoms with E-state index in [4.69, 9.17) is 38.7 Å². The number of fused-ring (bicyclic) bond motifs is 12. The van der Waals surface area contributed by atoms with Gasteiger partial charge in [0.05, 0.1) is 11.1 Å². The van der Waals surface area contributed by atoms with E-state index in [9.17, 15) is 0 Å². The van der Waals surface area contributed by atoms with Gasteiger partial charge in [-0.1, -0.05) is 218 Å². The number of rotatable bonds is 10. The predicted octanol–water partition coefficient (Wildman–Crippen LogP) is 23.3. The average molecular weight is 1240 g/mol. The first-order valence-electron chi connectivity index (χ1n) is 31.2. The maximum absolute atomic E-state index is 6.83. The quantitative estimate of drug-likeness (QED) is 0.133. The molecule has 0 radical (unpaired) electrons. The monoisotopic (exact) mass is 1240 g/mol. The summed E-state index contributed by atoms with van der Waals surface area (Å²) in [6.45, 7) is 0. The van der Waals surface area contributed by atoms with Gasteiger partial charge in [-0.2, -0.15) is 0 Å². The Balaban J connectivity index is 0.635. The van der Waals surface area contributed by atoms with Crippen LogP contribution in [0.4, 0.5) is 0 Å². The highest BCUT2D eigenvalue weighted by Gasteiger charge is 2.23. The molecular formula is C84H48N6O2S2. The van der Waals surface area contributed by atoms with Crippen molar-refractivity contribution in [2.24, 2.45) is 0 Å². The molecule has 0 saturated carbocycles. The summed E-state index contributed by atoms with van der Waals surface area (Å²) in [6, 6.07) is 102. The smallest absolute Gasteiger partial charge is 0.167 e. The molecule has 6 heterocycles. The Hall–Kier alpha value is -12.1. The molecule has 19 rings (SSSR count). The van der Waals surface area contributed by atoms with Gasteiger partial charge in [-0.25, -0.2) is 29.9 Å². The van der Waals surface area contributed by atoms with Crippen LogP contribution in [0.15, 0.2) is 300 Å². The molecule has 0 aliphatic rings. The number of nitrogens with zero attached hydrogens (tertiary/aromatic N) is 6. The fourth-order valence-electron chi connectivity index (χ4n) is 13.4. The summed E-state index contributed by atoms with van der Waals surface area (Å²) in [5.74, 6) is 3.53. The Morgan fingerprint density at radius 3 is 1.06 bits per heavy atom. The summed E-state index contributed by atoms with van der Waals surface area (Å²) in [5, 5.41) is 8.81. The molecule has 438 valence electrons. The first-order valence-corrected chi connectivity index (χ1v) is 32.8. The standard InChI is InChI=1S/C84H48N6O2S2/c1-4-17-49(18-5-1)56-40-43-73-69(47-56)62-28-15-32-66(77(62)93-73)84-88-80(53-21-8-3-9-22-53)86-82(90-84)65-31-14-27-61-68-46-58(39-42-72(68)92-76(61)65)55-24-12-23-54(45-55)50-35-37-51(38-36-50)57-41-44-74-70(48-57)63-29-16-33-67(78(63)94-74)83-87-79(52-19-6-2-7-20-52)85-81(89-83)64-30-13-26-60-59-25-10-11-34-71(59)91-75(60)64/h1-48H. The molecule has 0 atom stereocenters. The second-order valence-corrected chi connectivity index (χ2v) is 25.7. The van der Waals surface area contributed by atoms with Crippen LogP contribution in [-0.2, 0) is 0 Å². The summed E-state index contributed by atoms with van der Waals surface area (Å²) in [5.41, 5.74) is 17.6. The number of furan rings is 2. The molecule has 0 aliphatic heterocycles. The molecule has 0 spiro atoms. The lowest BCUT2D eigenvalue weighted by Crippen LogP contribution is -2.00. The van der Waals surface area contributed by atoms with E-state index in [1.807, 2.05) is 91.0 Å². The summed E-state index contributed by atoms with van der Waals surface area (Å²) in [7, 11) is 0. The molecule has 0 unspecified atom stereocenters. The molecule has 0 bridgehead atoms. The Bertz CT molecular complexity index is 6240. The van der Waals surface area contributed by atoms with E-state index in [1.165, 1.54) is 36.7 Å². The van der Waals surface area contributed by atoms with Crippen molar-refractivity contribution in [1.29, 1.82) is 0 Å². The number of para-hydroxylation sites is 3. The van der Waals surface area contributed by atoms with Gasteiger partial charge in [0.15, 0.2) is 34.9 Å². The highest BCUT2D eigenvalue weighted by molar-refractivity contribution is 7.26. The minimum atomic E-state index is 0.547. The number of hydrogen-bond donors (Lipinski definition) is 0. The van der Waals surface area contributed by atoms with Crippen LogP contribution in [0.25, 0.3) is 197 Å². The second-order valence-electron chi connectivity index (χ2n) is 23.6. The molecule has 0 saturated heterocycles. The minimum absolute atomic E-state index is 0.547. The van der Waals surface area contributed by atoms with E-state index in [2.05, 4.69) is 200 Å². The maximum atomic E-state index is 6.83. The van der Waals surface area contributed by atoms with Crippen molar-refractivity contribution in [3.05, 3.63) is 291 Å². The number of hydrogen-bond acceptors (Lipinski definition) is 10. The van der Waals surface area contributed by atoms with Gasteiger partial charge in [-0.05, 0) is 117 Å². The van der Waals surface area contributed by atoms with E-state index < -0.39 is 0 Å². The molecule has 0 fully saturated rings. The van der Waals surface area contributed by atoms with Crippen LogP contribution in [-0.4, -0.2) is 29.9 Å². The average Bonchev–Trinajstić information content (AvgIpc) is 1.57. The van der Waals surface area contributed by atoms with Gasteiger partial charge < -0.3 is 8.83 Å². The van der Waals surface area contributed by atoms with E-state index in [-0.39, 0.29) is 0 Å². The Kier molecular flexibility index (Phi) is 12.5. The maximum Gasteiger partial charge on any atom is 0.167 e. The SMILES string of the molecule is c1ccc(-c2ccc3sc4c(-c5nc(-c6ccccc6)nc(-c6cccc7c6oc6ccc(-c8cccc(-c9ccc(-c%10ccc%11sc%12c(-c%13nc(-c%14ccccc%14)nc(-c%14cccc%15c%14oc%14ccccc%14%15)n%13)cccc%12c%11c%10)cc9)c8)cc67)n5)cccc4c3c2)cc1. The van der Waals surface area contributed by atoms with Crippen LogP contribution in [0.3, 0.4) is 0 Å². The van der Waals surface area contributed by atoms with E-state index >= 15 is 0 Å². The van der Waals surface area contributed by atoms with E-state index in [0.29, 0.717) is 34.9 Å². The van der Waals surface area contributed by atoms with Gasteiger partial charge in [0.25, 0.3) is 0 Å². The Labute approximate surface area is 546 Å². The molecule has 0 N–H and O–H groups in total. The third kappa shape index (κ3) is 9.10. The second kappa shape index (κ2) is 21.8. The Morgan fingerprint density at radius 2 is 0.532 bits per heavy atom. The molecule has 0 aliphatic carbocycles. The Morgan fingerprint density at radius 1 is 0.202 bits per heavy atom.